The van der Waals surface area contributed by atoms with Gasteiger partial charge < -0.3 is 10.1 Å². The van der Waals surface area contributed by atoms with E-state index in [1.807, 2.05) is 48.5 Å². The Labute approximate surface area is 99.8 Å². The molecular formula is C13H12ClNO. The van der Waals surface area contributed by atoms with Crippen LogP contribution in [0.1, 0.15) is 0 Å². The lowest BCUT2D eigenvalue weighted by atomic mass is 10.2. The first-order valence-corrected chi connectivity index (χ1v) is 5.32. The van der Waals surface area contributed by atoms with Gasteiger partial charge in [0.25, 0.3) is 0 Å². The van der Waals surface area contributed by atoms with Gasteiger partial charge in [-0.2, -0.15) is 0 Å². The quantitative estimate of drug-likeness (QED) is 0.862. The number of benzene rings is 2. The van der Waals surface area contributed by atoms with E-state index in [0.29, 0.717) is 0 Å². The van der Waals surface area contributed by atoms with Gasteiger partial charge in [-0.25, -0.2) is 0 Å². The van der Waals surface area contributed by atoms with Crippen molar-refractivity contribution < 1.29 is 4.74 Å². The van der Waals surface area contributed by atoms with Crippen LogP contribution in [0.5, 0.6) is 5.75 Å². The smallest absolute Gasteiger partial charge is 0.120 e. The maximum absolute atomic E-state index is 5.81. The molecule has 16 heavy (non-hydrogen) atoms. The minimum atomic E-state index is 0.733. The molecule has 2 aromatic rings. The van der Waals surface area contributed by atoms with Crippen molar-refractivity contribution in [3.63, 3.8) is 0 Å². The fourth-order valence-electron chi connectivity index (χ4n) is 1.40. The first-order valence-electron chi connectivity index (χ1n) is 4.94. The first-order chi connectivity index (χ1) is 7.78. The van der Waals surface area contributed by atoms with E-state index in [0.717, 1.165) is 22.1 Å². The number of halogens is 1. The van der Waals surface area contributed by atoms with Crippen molar-refractivity contribution in [3.8, 4) is 5.75 Å². The zero-order valence-electron chi connectivity index (χ0n) is 8.91. The van der Waals surface area contributed by atoms with Crippen LogP contribution in [-0.2, 0) is 0 Å². The van der Waals surface area contributed by atoms with E-state index in [1.54, 1.807) is 7.11 Å². The summed E-state index contributed by atoms with van der Waals surface area (Å²) < 4.78 is 5.15. The molecule has 2 rings (SSSR count). The lowest BCUT2D eigenvalue weighted by Crippen LogP contribution is -1.90. The van der Waals surface area contributed by atoms with Gasteiger partial charge in [0.15, 0.2) is 0 Å². The highest BCUT2D eigenvalue weighted by molar-refractivity contribution is 6.30. The fourth-order valence-corrected chi connectivity index (χ4v) is 1.53. The highest BCUT2D eigenvalue weighted by atomic mass is 35.5. The minimum absolute atomic E-state index is 0.733. The molecule has 1 N–H and O–H groups in total. The number of hydrogen-bond donors (Lipinski definition) is 1. The Balaban J connectivity index is 2.16. The van der Waals surface area contributed by atoms with E-state index in [2.05, 4.69) is 5.32 Å². The summed E-state index contributed by atoms with van der Waals surface area (Å²) in [6.07, 6.45) is 0. The van der Waals surface area contributed by atoms with Crippen LogP contribution in [0.4, 0.5) is 11.4 Å². The molecule has 3 heteroatoms. The van der Waals surface area contributed by atoms with Gasteiger partial charge in [0, 0.05) is 22.5 Å². The van der Waals surface area contributed by atoms with Crippen molar-refractivity contribution in [1.82, 2.24) is 0 Å². The second-order valence-electron chi connectivity index (χ2n) is 3.36. The van der Waals surface area contributed by atoms with Gasteiger partial charge in [-0.3, -0.25) is 0 Å². The molecular weight excluding hydrogens is 222 g/mol. The van der Waals surface area contributed by atoms with Crippen molar-refractivity contribution in [2.45, 2.75) is 0 Å². The molecule has 0 aliphatic rings. The third-order valence-electron chi connectivity index (χ3n) is 2.20. The number of ether oxygens (including phenoxy) is 1. The molecule has 0 amide bonds. The lowest BCUT2D eigenvalue weighted by molar-refractivity contribution is 0.415. The number of anilines is 2. The maximum atomic E-state index is 5.81. The van der Waals surface area contributed by atoms with Crippen LogP contribution in [0.15, 0.2) is 48.5 Å². The van der Waals surface area contributed by atoms with Gasteiger partial charge in [0.2, 0.25) is 0 Å². The molecule has 0 spiro atoms. The molecule has 0 atom stereocenters. The Morgan fingerprint density at radius 2 is 1.75 bits per heavy atom. The van der Waals surface area contributed by atoms with Crippen LogP contribution >= 0.6 is 11.6 Å². The second kappa shape index (κ2) is 4.90. The third kappa shape index (κ3) is 2.67. The molecule has 0 saturated carbocycles. The van der Waals surface area contributed by atoms with Gasteiger partial charge in [-0.05, 0) is 36.4 Å². The molecule has 0 aliphatic carbocycles. The molecule has 2 nitrogen and oxygen atoms in total. The summed E-state index contributed by atoms with van der Waals surface area (Å²) in [6, 6.07) is 15.3. The van der Waals surface area contributed by atoms with Gasteiger partial charge in [-0.1, -0.05) is 17.7 Å². The van der Waals surface area contributed by atoms with Crippen LogP contribution in [0.2, 0.25) is 5.02 Å². The predicted molar refractivity (Wildman–Crippen MR) is 67.7 cm³/mol. The Bertz CT molecular complexity index is 468. The normalized spacial score (nSPS) is 9.88. The molecule has 0 radical (unpaired) electrons. The van der Waals surface area contributed by atoms with Crippen molar-refractivity contribution >= 4 is 23.0 Å². The monoisotopic (exact) mass is 233 g/mol. The summed E-state index contributed by atoms with van der Waals surface area (Å²) in [6.45, 7) is 0. The maximum Gasteiger partial charge on any atom is 0.120 e. The van der Waals surface area contributed by atoms with E-state index >= 15 is 0 Å². The average molecular weight is 234 g/mol. The molecule has 0 aromatic heterocycles. The van der Waals surface area contributed by atoms with Crippen LogP contribution < -0.4 is 10.1 Å². The third-order valence-corrected chi connectivity index (χ3v) is 2.45. The largest absolute Gasteiger partial charge is 0.497 e. The standard InChI is InChI=1S/C13H12ClNO/c1-16-13-4-2-3-12(9-13)15-11-7-5-10(14)6-8-11/h2-9,15H,1H3. The lowest BCUT2D eigenvalue weighted by Gasteiger charge is -2.07. The summed E-state index contributed by atoms with van der Waals surface area (Å²) in [5.41, 5.74) is 1.99. The Morgan fingerprint density at radius 3 is 2.44 bits per heavy atom. The van der Waals surface area contributed by atoms with Crippen molar-refractivity contribution in [3.05, 3.63) is 53.6 Å². The number of rotatable bonds is 3. The highest BCUT2D eigenvalue weighted by Gasteiger charge is 1.96. The molecule has 0 heterocycles. The molecule has 0 saturated heterocycles. The van der Waals surface area contributed by atoms with Crippen LogP contribution in [0.3, 0.4) is 0 Å². The van der Waals surface area contributed by atoms with E-state index in [9.17, 15) is 0 Å². The summed E-state index contributed by atoms with van der Waals surface area (Å²) in [4.78, 5) is 0. The highest BCUT2D eigenvalue weighted by Crippen LogP contribution is 2.22. The van der Waals surface area contributed by atoms with Crippen LogP contribution in [0, 0.1) is 0 Å². The first kappa shape index (κ1) is 10.8. The van der Waals surface area contributed by atoms with Crippen molar-refractivity contribution in [2.24, 2.45) is 0 Å². The van der Waals surface area contributed by atoms with Crippen LogP contribution in [-0.4, -0.2) is 7.11 Å². The number of hydrogen-bond acceptors (Lipinski definition) is 2. The SMILES string of the molecule is COc1cccc(Nc2ccc(Cl)cc2)c1. The zero-order chi connectivity index (χ0) is 11.4. The molecule has 2 aromatic carbocycles. The van der Waals surface area contributed by atoms with Gasteiger partial charge >= 0.3 is 0 Å². The summed E-state index contributed by atoms with van der Waals surface area (Å²) in [5.74, 6) is 0.832. The van der Waals surface area contributed by atoms with E-state index in [4.69, 9.17) is 16.3 Å². The summed E-state index contributed by atoms with van der Waals surface area (Å²) >= 11 is 5.81. The second-order valence-corrected chi connectivity index (χ2v) is 3.80. The van der Waals surface area contributed by atoms with E-state index in [-0.39, 0.29) is 0 Å². The number of nitrogens with one attached hydrogen (secondary N) is 1. The molecule has 0 aliphatic heterocycles. The molecule has 0 bridgehead atoms. The summed E-state index contributed by atoms with van der Waals surface area (Å²) in [7, 11) is 1.65. The molecule has 82 valence electrons. The van der Waals surface area contributed by atoms with Gasteiger partial charge in [-0.15, -0.1) is 0 Å². The molecule has 0 unspecified atom stereocenters. The molecule has 0 fully saturated rings. The zero-order valence-corrected chi connectivity index (χ0v) is 9.66. The number of methoxy groups -OCH3 is 1. The predicted octanol–water partition coefficient (Wildman–Crippen LogP) is 4.09. The average Bonchev–Trinajstić information content (AvgIpc) is 2.32. The van der Waals surface area contributed by atoms with Gasteiger partial charge in [0.05, 0.1) is 7.11 Å². The topological polar surface area (TPSA) is 21.3 Å². The Morgan fingerprint density at radius 1 is 1.00 bits per heavy atom. The van der Waals surface area contributed by atoms with Crippen LogP contribution in [0.25, 0.3) is 0 Å². The van der Waals surface area contributed by atoms with Crippen molar-refractivity contribution in [1.29, 1.82) is 0 Å². The van der Waals surface area contributed by atoms with E-state index in [1.165, 1.54) is 0 Å². The minimum Gasteiger partial charge on any atom is -0.497 e. The Kier molecular flexibility index (Phi) is 3.32. The summed E-state index contributed by atoms with van der Waals surface area (Å²) in [5, 5.41) is 4.00. The fraction of sp³-hybridized carbons (Fsp3) is 0.0769. The van der Waals surface area contributed by atoms with Crippen molar-refractivity contribution in [2.75, 3.05) is 12.4 Å². The Hall–Kier alpha value is -1.67. The van der Waals surface area contributed by atoms with E-state index < -0.39 is 0 Å². The van der Waals surface area contributed by atoms with Gasteiger partial charge in [0.1, 0.15) is 5.75 Å².